The molecule has 0 radical (unpaired) electrons. The Kier molecular flexibility index (Phi) is 3.69. The standard InChI is InChI=1S/C20H16N8O3/c29-17-15(24-19(30)26-17)8-11-9-22-28-16(11)25-20(27-18(28)23-12-1-2-12)31-13-3-4-14-10(7-13)5-6-21-14/h3-9,12,21H,1-2H2,(H,23,25,27)(H2,24,26,29,30)/b15-8-. The first-order chi connectivity index (χ1) is 15.1. The lowest BCUT2D eigenvalue weighted by Crippen LogP contribution is -2.22. The average Bonchev–Trinajstić information content (AvgIpc) is 3.14. The highest BCUT2D eigenvalue weighted by molar-refractivity contribution is 6.14. The van der Waals surface area contributed by atoms with Gasteiger partial charge in [0.15, 0.2) is 5.65 Å². The monoisotopic (exact) mass is 416 g/mol. The molecule has 1 aromatic carbocycles. The van der Waals surface area contributed by atoms with Crippen molar-refractivity contribution in [2.24, 2.45) is 0 Å². The van der Waals surface area contributed by atoms with Gasteiger partial charge in [-0.05, 0) is 43.2 Å². The number of benzene rings is 1. The van der Waals surface area contributed by atoms with Crippen LogP contribution in [0.15, 0.2) is 42.4 Å². The van der Waals surface area contributed by atoms with Crippen molar-refractivity contribution in [1.29, 1.82) is 0 Å². The highest BCUT2D eigenvalue weighted by atomic mass is 16.5. The molecule has 11 heteroatoms. The van der Waals surface area contributed by atoms with Crippen LogP contribution in [0.3, 0.4) is 0 Å². The lowest BCUT2D eigenvalue weighted by molar-refractivity contribution is -0.115. The summed E-state index contributed by atoms with van der Waals surface area (Å²) in [5.74, 6) is 0.580. The maximum absolute atomic E-state index is 11.9. The molecule has 11 nitrogen and oxygen atoms in total. The number of amides is 3. The van der Waals surface area contributed by atoms with Gasteiger partial charge in [-0.25, -0.2) is 4.79 Å². The predicted octanol–water partition coefficient (Wildman–Crippen LogP) is 2.15. The van der Waals surface area contributed by atoms with E-state index in [1.165, 1.54) is 6.08 Å². The minimum Gasteiger partial charge on any atom is -0.424 e. The third-order valence-corrected chi connectivity index (χ3v) is 5.04. The van der Waals surface area contributed by atoms with Gasteiger partial charge in [0, 0.05) is 28.7 Å². The van der Waals surface area contributed by atoms with Crippen molar-refractivity contribution in [3.63, 3.8) is 0 Å². The van der Waals surface area contributed by atoms with Crippen LogP contribution in [-0.4, -0.2) is 42.5 Å². The summed E-state index contributed by atoms with van der Waals surface area (Å²) >= 11 is 0. The number of ether oxygens (including phenoxy) is 1. The zero-order chi connectivity index (χ0) is 20.9. The number of urea groups is 1. The first-order valence-electron chi connectivity index (χ1n) is 9.74. The first-order valence-corrected chi connectivity index (χ1v) is 9.74. The number of carbonyl (C=O) groups is 2. The van der Waals surface area contributed by atoms with E-state index >= 15 is 0 Å². The van der Waals surface area contributed by atoms with Crippen LogP contribution in [0.4, 0.5) is 10.7 Å². The van der Waals surface area contributed by atoms with E-state index in [2.05, 4.69) is 36.0 Å². The molecule has 2 fully saturated rings. The zero-order valence-corrected chi connectivity index (χ0v) is 16.0. The lowest BCUT2D eigenvalue weighted by Gasteiger charge is -2.09. The summed E-state index contributed by atoms with van der Waals surface area (Å²) in [6, 6.07) is 7.50. The lowest BCUT2D eigenvalue weighted by atomic mass is 10.2. The van der Waals surface area contributed by atoms with Crippen molar-refractivity contribution >= 4 is 40.5 Å². The van der Waals surface area contributed by atoms with Gasteiger partial charge in [0.05, 0.1) is 6.20 Å². The summed E-state index contributed by atoms with van der Waals surface area (Å²) < 4.78 is 7.51. The molecule has 1 saturated carbocycles. The largest absolute Gasteiger partial charge is 0.424 e. The van der Waals surface area contributed by atoms with Crippen molar-refractivity contribution in [2.45, 2.75) is 18.9 Å². The van der Waals surface area contributed by atoms with Crippen LogP contribution < -0.4 is 20.7 Å². The Balaban J connectivity index is 1.42. The summed E-state index contributed by atoms with van der Waals surface area (Å²) in [4.78, 5) is 35.4. The minimum absolute atomic E-state index is 0.121. The van der Waals surface area contributed by atoms with E-state index in [1.807, 2.05) is 30.5 Å². The maximum Gasteiger partial charge on any atom is 0.327 e. The summed E-state index contributed by atoms with van der Waals surface area (Å²) in [5, 5.41) is 13.3. The molecular weight excluding hydrogens is 400 g/mol. The number of nitrogens with zero attached hydrogens (tertiary/aromatic N) is 4. The van der Waals surface area contributed by atoms with Crippen molar-refractivity contribution < 1.29 is 14.3 Å². The molecule has 4 N–H and O–H groups in total. The summed E-state index contributed by atoms with van der Waals surface area (Å²) in [7, 11) is 0. The normalized spacial score (nSPS) is 17.4. The van der Waals surface area contributed by atoms with Crippen LogP contribution in [0.2, 0.25) is 0 Å². The number of fused-ring (bicyclic) bond motifs is 2. The Hall–Kier alpha value is -4.41. The Morgan fingerprint density at radius 3 is 2.87 bits per heavy atom. The van der Waals surface area contributed by atoms with Gasteiger partial charge in [-0.2, -0.15) is 19.6 Å². The molecule has 154 valence electrons. The predicted molar refractivity (Wildman–Crippen MR) is 110 cm³/mol. The highest BCUT2D eigenvalue weighted by Gasteiger charge is 2.26. The van der Waals surface area contributed by atoms with E-state index in [1.54, 1.807) is 10.7 Å². The van der Waals surface area contributed by atoms with Crippen LogP contribution in [0.1, 0.15) is 18.4 Å². The van der Waals surface area contributed by atoms with Gasteiger partial charge in [-0.15, -0.1) is 0 Å². The number of hydrogen-bond acceptors (Lipinski definition) is 7. The number of H-pyrrole nitrogens is 1. The van der Waals surface area contributed by atoms with Crippen LogP contribution >= 0.6 is 0 Å². The molecular formula is C20H16N8O3. The van der Waals surface area contributed by atoms with E-state index in [9.17, 15) is 9.59 Å². The fourth-order valence-corrected chi connectivity index (χ4v) is 3.36. The Morgan fingerprint density at radius 2 is 2.06 bits per heavy atom. The van der Waals surface area contributed by atoms with Gasteiger partial charge >= 0.3 is 12.0 Å². The maximum atomic E-state index is 11.9. The number of carbonyl (C=O) groups excluding carboxylic acids is 2. The van der Waals surface area contributed by atoms with Gasteiger partial charge in [0.2, 0.25) is 5.95 Å². The summed E-state index contributed by atoms with van der Waals surface area (Å²) in [6.07, 6.45) is 7.04. The first kappa shape index (κ1) is 17.4. The van der Waals surface area contributed by atoms with Crippen LogP contribution in [-0.2, 0) is 4.79 Å². The fourth-order valence-electron chi connectivity index (χ4n) is 3.36. The molecule has 0 spiro atoms. The minimum atomic E-state index is -0.567. The second-order valence-corrected chi connectivity index (χ2v) is 7.38. The van der Waals surface area contributed by atoms with Crippen LogP contribution in [0.5, 0.6) is 11.8 Å². The van der Waals surface area contributed by atoms with Gasteiger partial charge in [-0.3, -0.25) is 10.1 Å². The molecule has 4 aromatic rings. The Bertz CT molecular complexity index is 1400. The van der Waals surface area contributed by atoms with Crippen molar-refractivity contribution in [1.82, 2.24) is 35.2 Å². The average molecular weight is 416 g/mol. The van der Waals surface area contributed by atoms with E-state index in [0.29, 0.717) is 29.0 Å². The number of hydrogen-bond donors (Lipinski definition) is 4. The number of aromatic nitrogens is 5. The van der Waals surface area contributed by atoms with Crippen molar-refractivity contribution in [3.8, 4) is 11.8 Å². The molecule has 6 rings (SSSR count). The second-order valence-electron chi connectivity index (χ2n) is 7.38. The van der Waals surface area contributed by atoms with Gasteiger partial charge in [0.1, 0.15) is 11.4 Å². The third-order valence-electron chi connectivity index (χ3n) is 5.04. The number of aromatic amines is 1. The molecule has 2 aliphatic rings. The SMILES string of the molecule is O=C1NC(=O)/C(=C/c2cnn3c(NC4CC4)nc(Oc4ccc5[nH]ccc5c4)nc23)N1. The second kappa shape index (κ2) is 6.55. The highest BCUT2D eigenvalue weighted by Crippen LogP contribution is 2.28. The third kappa shape index (κ3) is 3.21. The number of rotatable bonds is 5. The van der Waals surface area contributed by atoms with Crippen LogP contribution in [0.25, 0.3) is 22.6 Å². The smallest absolute Gasteiger partial charge is 0.327 e. The van der Waals surface area contributed by atoms with E-state index in [0.717, 1.165) is 23.7 Å². The fraction of sp³-hybridized carbons (Fsp3) is 0.150. The van der Waals surface area contributed by atoms with Gasteiger partial charge in [-0.1, -0.05) is 0 Å². The molecule has 0 atom stereocenters. The Morgan fingerprint density at radius 1 is 1.16 bits per heavy atom. The van der Waals surface area contributed by atoms with Crippen molar-refractivity contribution in [2.75, 3.05) is 5.32 Å². The molecule has 31 heavy (non-hydrogen) atoms. The van der Waals surface area contributed by atoms with Gasteiger partial charge < -0.3 is 20.4 Å². The molecule has 1 aliphatic heterocycles. The Labute approximate surface area is 174 Å². The summed E-state index contributed by atoms with van der Waals surface area (Å²) in [6.45, 7) is 0. The molecule has 3 aromatic heterocycles. The topological polar surface area (TPSA) is 138 Å². The zero-order valence-electron chi connectivity index (χ0n) is 16.0. The number of imide groups is 1. The molecule has 3 amide bonds. The summed E-state index contributed by atoms with van der Waals surface area (Å²) in [5.41, 5.74) is 2.11. The van der Waals surface area contributed by atoms with E-state index in [4.69, 9.17) is 4.74 Å². The molecule has 1 saturated heterocycles. The quantitative estimate of drug-likeness (QED) is 0.289. The number of anilines is 1. The molecule has 0 unspecified atom stereocenters. The van der Waals surface area contributed by atoms with E-state index in [-0.39, 0.29) is 11.7 Å². The molecule has 0 bridgehead atoms. The number of nitrogens with one attached hydrogen (secondary N) is 4. The van der Waals surface area contributed by atoms with Gasteiger partial charge in [0.25, 0.3) is 5.91 Å². The molecule has 1 aliphatic carbocycles. The van der Waals surface area contributed by atoms with Crippen LogP contribution in [0, 0.1) is 0 Å². The van der Waals surface area contributed by atoms with Crippen molar-refractivity contribution in [3.05, 3.63) is 47.9 Å². The van der Waals surface area contributed by atoms with E-state index < -0.39 is 11.9 Å². The molecule has 4 heterocycles.